The molecule has 0 atom stereocenters. The number of para-hydroxylation sites is 1. The Morgan fingerprint density at radius 1 is 1.21 bits per heavy atom. The van der Waals surface area contributed by atoms with Crippen molar-refractivity contribution in [3.63, 3.8) is 0 Å². The number of pyridine rings is 1. The van der Waals surface area contributed by atoms with E-state index < -0.39 is 5.97 Å². The van der Waals surface area contributed by atoms with Crippen LogP contribution in [-0.2, 0) is 6.54 Å². The van der Waals surface area contributed by atoms with Crippen molar-refractivity contribution in [3.8, 4) is 5.75 Å². The molecule has 0 aliphatic heterocycles. The van der Waals surface area contributed by atoms with E-state index in [-0.39, 0.29) is 17.8 Å². The van der Waals surface area contributed by atoms with E-state index in [4.69, 9.17) is 9.84 Å². The number of carbonyl (C=O) groups is 1. The molecule has 19 heavy (non-hydrogen) atoms. The van der Waals surface area contributed by atoms with Crippen molar-refractivity contribution in [2.24, 2.45) is 0 Å². The van der Waals surface area contributed by atoms with Gasteiger partial charge >= 0.3 is 5.97 Å². The summed E-state index contributed by atoms with van der Waals surface area (Å²) in [5.41, 5.74) is 0.352. The molecule has 0 unspecified atom stereocenters. The average Bonchev–Trinajstić information content (AvgIpc) is 2.41. The summed E-state index contributed by atoms with van der Waals surface area (Å²) in [6.45, 7) is 0.158. The lowest BCUT2D eigenvalue weighted by molar-refractivity contribution is 0.0684. The number of ether oxygens (including phenoxy) is 1. The Bertz CT molecular complexity index is 660. The second kappa shape index (κ2) is 5.39. The largest absolute Gasteiger partial charge is 0.496 e. The summed E-state index contributed by atoms with van der Waals surface area (Å²) >= 11 is 0. The van der Waals surface area contributed by atoms with E-state index in [0.717, 1.165) is 5.56 Å². The van der Waals surface area contributed by atoms with Crippen LogP contribution < -0.4 is 10.3 Å². The summed E-state index contributed by atoms with van der Waals surface area (Å²) in [5.74, 6) is -0.512. The van der Waals surface area contributed by atoms with Gasteiger partial charge in [-0.05, 0) is 12.1 Å². The summed E-state index contributed by atoms with van der Waals surface area (Å²) in [7, 11) is 1.53. The molecule has 98 valence electrons. The minimum absolute atomic E-state index is 0.0431. The molecule has 1 N–H and O–H groups in total. The zero-order valence-corrected chi connectivity index (χ0v) is 10.4. The standard InChI is InChI=1S/C14H13NO4/c1-19-12-7-3-2-5-10(12)9-15-11(14(17)18)6-4-8-13(15)16/h2-8H,9H2,1H3,(H,17,18). The highest BCUT2D eigenvalue weighted by Crippen LogP contribution is 2.18. The van der Waals surface area contributed by atoms with Crippen molar-refractivity contribution in [2.45, 2.75) is 6.54 Å². The molecule has 1 aromatic carbocycles. The predicted molar refractivity (Wildman–Crippen MR) is 69.8 cm³/mol. The maximum absolute atomic E-state index is 11.8. The van der Waals surface area contributed by atoms with Crippen LogP contribution in [0.4, 0.5) is 0 Å². The van der Waals surface area contributed by atoms with Crippen molar-refractivity contribution in [1.29, 1.82) is 0 Å². The molecular weight excluding hydrogens is 246 g/mol. The number of nitrogens with zero attached hydrogens (tertiary/aromatic N) is 1. The van der Waals surface area contributed by atoms with Crippen molar-refractivity contribution < 1.29 is 14.6 Å². The highest BCUT2D eigenvalue weighted by Gasteiger charge is 2.12. The molecule has 0 amide bonds. The number of hydrogen-bond acceptors (Lipinski definition) is 3. The van der Waals surface area contributed by atoms with Gasteiger partial charge in [-0.25, -0.2) is 4.79 Å². The van der Waals surface area contributed by atoms with Crippen molar-refractivity contribution in [1.82, 2.24) is 4.57 Å². The lowest BCUT2D eigenvalue weighted by Gasteiger charge is -2.12. The Balaban J connectivity index is 2.49. The summed E-state index contributed by atoms with van der Waals surface area (Å²) in [5, 5.41) is 9.10. The monoisotopic (exact) mass is 259 g/mol. The molecule has 0 saturated carbocycles. The van der Waals surface area contributed by atoms with Crippen LogP contribution in [-0.4, -0.2) is 22.8 Å². The van der Waals surface area contributed by atoms with Gasteiger partial charge in [-0.1, -0.05) is 24.3 Å². The van der Waals surface area contributed by atoms with Gasteiger partial charge in [0, 0.05) is 11.6 Å². The van der Waals surface area contributed by atoms with Crippen LogP contribution in [0.2, 0.25) is 0 Å². The number of hydrogen-bond donors (Lipinski definition) is 1. The molecule has 5 heteroatoms. The van der Waals surface area contributed by atoms with Gasteiger partial charge in [0.25, 0.3) is 5.56 Å². The summed E-state index contributed by atoms with van der Waals surface area (Å²) in [6, 6.07) is 11.4. The van der Waals surface area contributed by atoms with E-state index in [1.165, 1.54) is 29.9 Å². The van der Waals surface area contributed by atoms with Crippen LogP contribution in [0.25, 0.3) is 0 Å². The molecule has 0 aliphatic carbocycles. The number of rotatable bonds is 4. The van der Waals surface area contributed by atoms with Gasteiger partial charge in [-0.3, -0.25) is 9.36 Å². The number of aromatic nitrogens is 1. The number of carboxylic acids is 1. The molecule has 1 aromatic heterocycles. The Kier molecular flexibility index (Phi) is 3.66. The van der Waals surface area contributed by atoms with Gasteiger partial charge in [0.1, 0.15) is 11.4 Å². The number of carboxylic acid groups (broad SMARTS) is 1. The van der Waals surface area contributed by atoms with Crippen LogP contribution in [0, 0.1) is 0 Å². The Morgan fingerprint density at radius 3 is 2.63 bits per heavy atom. The van der Waals surface area contributed by atoms with Gasteiger partial charge in [0.05, 0.1) is 13.7 Å². The molecular formula is C14H13NO4. The first-order chi connectivity index (χ1) is 9.13. The third-order valence-corrected chi connectivity index (χ3v) is 2.79. The van der Waals surface area contributed by atoms with Gasteiger partial charge in [0.2, 0.25) is 0 Å². The van der Waals surface area contributed by atoms with E-state index in [1.54, 1.807) is 12.1 Å². The van der Waals surface area contributed by atoms with Crippen LogP contribution in [0.3, 0.4) is 0 Å². The van der Waals surface area contributed by atoms with Crippen LogP contribution in [0.5, 0.6) is 5.75 Å². The second-order valence-corrected chi connectivity index (χ2v) is 3.95. The fraction of sp³-hybridized carbons (Fsp3) is 0.143. The van der Waals surface area contributed by atoms with Gasteiger partial charge in [0.15, 0.2) is 0 Å². The predicted octanol–water partition coefficient (Wildman–Crippen LogP) is 1.60. The first-order valence-corrected chi connectivity index (χ1v) is 5.68. The molecule has 0 spiro atoms. The van der Waals surface area contributed by atoms with Gasteiger partial charge in [-0.2, -0.15) is 0 Å². The highest BCUT2D eigenvalue weighted by molar-refractivity contribution is 5.85. The third-order valence-electron chi connectivity index (χ3n) is 2.79. The quantitative estimate of drug-likeness (QED) is 0.905. The van der Waals surface area contributed by atoms with Crippen LogP contribution >= 0.6 is 0 Å². The summed E-state index contributed by atoms with van der Waals surface area (Å²) < 4.78 is 6.40. The minimum atomic E-state index is -1.13. The molecule has 0 fully saturated rings. The van der Waals surface area contributed by atoms with Crippen molar-refractivity contribution in [3.05, 3.63) is 64.1 Å². The lowest BCUT2D eigenvalue weighted by atomic mass is 10.2. The Labute approximate surface area is 109 Å². The molecule has 0 saturated heterocycles. The first-order valence-electron chi connectivity index (χ1n) is 5.68. The average molecular weight is 259 g/mol. The second-order valence-electron chi connectivity index (χ2n) is 3.95. The number of benzene rings is 1. The van der Waals surface area contributed by atoms with E-state index in [1.807, 2.05) is 12.1 Å². The molecule has 0 aliphatic rings. The highest BCUT2D eigenvalue weighted by atomic mass is 16.5. The zero-order valence-electron chi connectivity index (χ0n) is 10.4. The molecule has 2 aromatic rings. The maximum atomic E-state index is 11.8. The van der Waals surface area contributed by atoms with E-state index in [9.17, 15) is 9.59 Å². The van der Waals surface area contributed by atoms with E-state index >= 15 is 0 Å². The SMILES string of the molecule is COc1ccccc1Cn1c(C(=O)O)cccc1=O. The van der Waals surface area contributed by atoms with Gasteiger partial charge in [-0.15, -0.1) is 0 Å². The fourth-order valence-corrected chi connectivity index (χ4v) is 1.87. The van der Waals surface area contributed by atoms with Crippen LogP contribution in [0.1, 0.15) is 16.1 Å². The minimum Gasteiger partial charge on any atom is -0.496 e. The zero-order chi connectivity index (χ0) is 13.8. The van der Waals surface area contributed by atoms with E-state index in [2.05, 4.69) is 0 Å². The number of methoxy groups -OCH3 is 1. The third kappa shape index (κ3) is 2.65. The summed E-state index contributed by atoms with van der Waals surface area (Å²) in [6.07, 6.45) is 0. The molecule has 5 nitrogen and oxygen atoms in total. The van der Waals surface area contributed by atoms with E-state index in [0.29, 0.717) is 5.75 Å². The lowest BCUT2D eigenvalue weighted by Crippen LogP contribution is -2.25. The smallest absolute Gasteiger partial charge is 0.352 e. The van der Waals surface area contributed by atoms with Gasteiger partial charge < -0.3 is 9.84 Å². The molecule has 0 bridgehead atoms. The summed E-state index contributed by atoms with van der Waals surface area (Å²) in [4.78, 5) is 22.9. The fourth-order valence-electron chi connectivity index (χ4n) is 1.87. The first kappa shape index (κ1) is 12.9. The van der Waals surface area contributed by atoms with Crippen molar-refractivity contribution >= 4 is 5.97 Å². The topological polar surface area (TPSA) is 68.5 Å². The molecule has 1 heterocycles. The molecule has 0 radical (unpaired) electrons. The normalized spacial score (nSPS) is 10.2. The Morgan fingerprint density at radius 2 is 1.95 bits per heavy atom. The number of aromatic carboxylic acids is 1. The van der Waals surface area contributed by atoms with Crippen LogP contribution in [0.15, 0.2) is 47.3 Å². The van der Waals surface area contributed by atoms with Crippen molar-refractivity contribution in [2.75, 3.05) is 7.11 Å². The Hall–Kier alpha value is -2.56. The molecule has 2 rings (SSSR count). The maximum Gasteiger partial charge on any atom is 0.352 e.